The Labute approximate surface area is 177 Å². The second-order valence-corrected chi connectivity index (χ2v) is 7.05. The van der Waals surface area contributed by atoms with Crippen LogP contribution in [0.1, 0.15) is 22.7 Å². The van der Waals surface area contributed by atoms with Gasteiger partial charge in [0, 0.05) is 6.54 Å². The van der Waals surface area contributed by atoms with Crippen molar-refractivity contribution in [3.63, 3.8) is 0 Å². The van der Waals surface area contributed by atoms with Gasteiger partial charge in [-0.2, -0.15) is 0 Å². The Kier molecular flexibility index (Phi) is 6.20. The molecule has 0 saturated heterocycles. The molecule has 3 aromatic carbocycles. The second kappa shape index (κ2) is 9.56. The number of nitrogens with two attached hydrogens (primary N) is 1. The summed E-state index contributed by atoms with van der Waals surface area (Å²) in [7, 11) is 0. The number of nitrogen functional groups attached to an aromatic ring is 1. The number of aromatic nitrogens is 2. The Bertz CT molecular complexity index is 1010. The third-order valence-electron chi connectivity index (χ3n) is 4.98. The highest BCUT2D eigenvalue weighted by Crippen LogP contribution is 2.30. The summed E-state index contributed by atoms with van der Waals surface area (Å²) in [6.07, 6.45) is 2.43. The highest BCUT2D eigenvalue weighted by Gasteiger charge is 2.17. The predicted octanol–water partition coefficient (Wildman–Crippen LogP) is 4.91. The number of hydrogen-bond acceptors (Lipinski definition) is 5. The van der Waals surface area contributed by atoms with Gasteiger partial charge in [-0.3, -0.25) is 0 Å². The van der Waals surface area contributed by atoms with Crippen molar-refractivity contribution in [2.75, 3.05) is 22.9 Å². The van der Waals surface area contributed by atoms with E-state index >= 15 is 0 Å². The molecule has 4 rings (SSSR count). The van der Waals surface area contributed by atoms with Crippen molar-refractivity contribution in [1.82, 2.24) is 9.97 Å². The van der Waals surface area contributed by atoms with Gasteiger partial charge in [0.25, 0.3) is 0 Å². The van der Waals surface area contributed by atoms with Gasteiger partial charge in [-0.25, -0.2) is 9.97 Å². The number of nitrogens with one attached hydrogen (secondary N) is 2. The van der Waals surface area contributed by atoms with Crippen molar-refractivity contribution in [3.05, 3.63) is 114 Å². The van der Waals surface area contributed by atoms with Crippen molar-refractivity contribution >= 4 is 17.3 Å². The summed E-state index contributed by atoms with van der Waals surface area (Å²) < 4.78 is 0. The summed E-state index contributed by atoms with van der Waals surface area (Å²) in [5, 5.41) is 6.85. The van der Waals surface area contributed by atoms with Gasteiger partial charge in [0.15, 0.2) is 11.6 Å². The highest BCUT2D eigenvalue weighted by molar-refractivity contribution is 5.74. The third kappa shape index (κ3) is 4.75. The van der Waals surface area contributed by atoms with Gasteiger partial charge in [0.1, 0.15) is 12.0 Å². The van der Waals surface area contributed by atoms with E-state index in [-0.39, 0.29) is 6.04 Å². The van der Waals surface area contributed by atoms with Gasteiger partial charge in [-0.1, -0.05) is 91.0 Å². The summed E-state index contributed by atoms with van der Waals surface area (Å²) in [6.45, 7) is 0.742. The van der Waals surface area contributed by atoms with Crippen LogP contribution in [0.2, 0.25) is 0 Å². The van der Waals surface area contributed by atoms with Crippen LogP contribution < -0.4 is 16.4 Å². The number of hydrogen-bond donors (Lipinski definition) is 3. The molecule has 0 amide bonds. The molecule has 0 aliphatic carbocycles. The van der Waals surface area contributed by atoms with Gasteiger partial charge in [-0.15, -0.1) is 0 Å². The third-order valence-corrected chi connectivity index (χ3v) is 4.98. The van der Waals surface area contributed by atoms with Crippen molar-refractivity contribution < 1.29 is 0 Å². The average molecular weight is 396 g/mol. The van der Waals surface area contributed by atoms with Gasteiger partial charge in [0.2, 0.25) is 0 Å². The Hall–Kier alpha value is -3.86. The van der Waals surface area contributed by atoms with Crippen LogP contribution in [0.5, 0.6) is 0 Å². The maximum absolute atomic E-state index is 6.42. The fourth-order valence-corrected chi connectivity index (χ4v) is 3.41. The van der Waals surface area contributed by atoms with E-state index in [0.717, 1.165) is 24.1 Å². The molecule has 0 aliphatic heterocycles. The predicted molar refractivity (Wildman–Crippen MR) is 123 cm³/mol. The van der Waals surface area contributed by atoms with Crippen molar-refractivity contribution in [3.8, 4) is 0 Å². The van der Waals surface area contributed by atoms with Gasteiger partial charge < -0.3 is 16.4 Å². The van der Waals surface area contributed by atoms with Gasteiger partial charge >= 0.3 is 0 Å². The zero-order valence-corrected chi connectivity index (χ0v) is 16.7. The first kappa shape index (κ1) is 19.5. The second-order valence-electron chi connectivity index (χ2n) is 7.05. The Morgan fingerprint density at radius 3 is 1.83 bits per heavy atom. The van der Waals surface area contributed by atoms with Crippen LogP contribution in [0.4, 0.5) is 17.3 Å². The molecule has 4 N–H and O–H groups in total. The van der Waals surface area contributed by atoms with Crippen LogP contribution in [0.25, 0.3) is 0 Å². The number of anilines is 3. The van der Waals surface area contributed by atoms with Crippen molar-refractivity contribution in [2.24, 2.45) is 0 Å². The SMILES string of the molecule is Nc1c(NCCc2ccccc2)ncnc1NC(c1ccccc1)c1ccccc1. The van der Waals surface area contributed by atoms with E-state index in [1.54, 1.807) is 0 Å². The number of benzene rings is 3. The minimum Gasteiger partial charge on any atom is -0.393 e. The lowest BCUT2D eigenvalue weighted by Gasteiger charge is -2.22. The number of nitrogens with zero attached hydrogens (tertiary/aromatic N) is 2. The van der Waals surface area contributed by atoms with E-state index in [0.29, 0.717) is 17.3 Å². The minimum atomic E-state index is -0.0678. The summed E-state index contributed by atoms with van der Waals surface area (Å²) in [6, 6.07) is 30.8. The molecule has 0 radical (unpaired) electrons. The van der Waals surface area contributed by atoms with E-state index in [1.807, 2.05) is 54.6 Å². The van der Waals surface area contributed by atoms with Crippen LogP contribution in [-0.4, -0.2) is 16.5 Å². The zero-order valence-electron chi connectivity index (χ0n) is 16.7. The molecule has 30 heavy (non-hydrogen) atoms. The first-order valence-corrected chi connectivity index (χ1v) is 10.1. The Balaban J connectivity index is 1.53. The topological polar surface area (TPSA) is 75.9 Å². The van der Waals surface area contributed by atoms with Gasteiger partial charge in [0.05, 0.1) is 6.04 Å². The summed E-state index contributed by atoms with van der Waals surface area (Å²) in [5.41, 5.74) is 10.5. The molecule has 5 nitrogen and oxygen atoms in total. The molecule has 5 heteroatoms. The molecule has 0 unspecified atom stereocenters. The monoisotopic (exact) mass is 395 g/mol. The first-order valence-electron chi connectivity index (χ1n) is 10.1. The van der Waals surface area contributed by atoms with Crippen molar-refractivity contribution in [2.45, 2.75) is 12.5 Å². The van der Waals surface area contributed by atoms with Crippen LogP contribution in [0.15, 0.2) is 97.3 Å². The van der Waals surface area contributed by atoms with E-state index in [1.165, 1.54) is 11.9 Å². The van der Waals surface area contributed by atoms with E-state index < -0.39 is 0 Å². The fraction of sp³-hybridized carbons (Fsp3) is 0.120. The van der Waals surface area contributed by atoms with Crippen LogP contribution in [0, 0.1) is 0 Å². The van der Waals surface area contributed by atoms with Gasteiger partial charge in [-0.05, 0) is 23.1 Å². The fourth-order valence-electron chi connectivity index (χ4n) is 3.41. The van der Waals surface area contributed by atoms with Crippen molar-refractivity contribution in [1.29, 1.82) is 0 Å². The minimum absolute atomic E-state index is 0.0678. The lowest BCUT2D eigenvalue weighted by Crippen LogP contribution is -2.16. The standard InChI is InChI=1S/C25H25N5/c26-22-24(27-17-16-19-10-4-1-5-11-19)28-18-29-25(22)30-23(20-12-6-2-7-13-20)21-14-8-3-9-15-21/h1-15,18,23H,16-17,26H2,(H2,27,28,29,30). The molecule has 4 aromatic rings. The quantitative estimate of drug-likeness (QED) is 0.395. The summed E-state index contributed by atoms with van der Waals surface area (Å²) in [5.74, 6) is 1.26. The summed E-state index contributed by atoms with van der Waals surface area (Å²) >= 11 is 0. The summed E-state index contributed by atoms with van der Waals surface area (Å²) in [4.78, 5) is 8.74. The lowest BCUT2D eigenvalue weighted by atomic mass is 9.99. The molecule has 1 aromatic heterocycles. The molecule has 0 saturated carbocycles. The maximum Gasteiger partial charge on any atom is 0.155 e. The zero-order chi connectivity index (χ0) is 20.6. The molecule has 1 heterocycles. The average Bonchev–Trinajstić information content (AvgIpc) is 2.81. The molecular weight excluding hydrogens is 370 g/mol. The van der Waals surface area contributed by atoms with E-state index in [4.69, 9.17) is 5.73 Å². The normalized spacial score (nSPS) is 10.7. The molecule has 0 spiro atoms. The highest BCUT2D eigenvalue weighted by atomic mass is 15.1. The van der Waals surface area contributed by atoms with Crippen LogP contribution in [-0.2, 0) is 6.42 Å². The van der Waals surface area contributed by atoms with Crippen LogP contribution in [0.3, 0.4) is 0 Å². The van der Waals surface area contributed by atoms with E-state index in [2.05, 4.69) is 57.0 Å². The smallest absolute Gasteiger partial charge is 0.155 e. The maximum atomic E-state index is 6.42. The molecule has 0 aliphatic rings. The number of rotatable bonds is 8. The largest absolute Gasteiger partial charge is 0.393 e. The molecular formula is C25H25N5. The first-order chi connectivity index (χ1) is 14.8. The van der Waals surface area contributed by atoms with Crippen LogP contribution >= 0.6 is 0 Å². The molecule has 150 valence electrons. The van der Waals surface area contributed by atoms with E-state index in [9.17, 15) is 0 Å². The molecule has 0 atom stereocenters. The lowest BCUT2D eigenvalue weighted by molar-refractivity contribution is 0.922. The molecule has 0 bridgehead atoms. The Morgan fingerprint density at radius 2 is 1.23 bits per heavy atom. The molecule has 0 fully saturated rings. The Morgan fingerprint density at radius 1 is 0.700 bits per heavy atom.